The summed E-state index contributed by atoms with van der Waals surface area (Å²) in [6.45, 7) is 0. The second-order valence-electron chi connectivity index (χ2n) is 3.04. The summed E-state index contributed by atoms with van der Waals surface area (Å²) in [6, 6.07) is 0. The molecule has 1 rings (SSSR count). The highest BCUT2D eigenvalue weighted by atomic mass is 16.5. The van der Waals surface area contributed by atoms with Gasteiger partial charge in [0.1, 0.15) is 0 Å². The third kappa shape index (κ3) is 2.19. The molecule has 0 unspecified atom stereocenters. The molecule has 0 aliphatic heterocycles. The van der Waals surface area contributed by atoms with Crippen LogP contribution in [0.1, 0.15) is 25.7 Å². The SMILES string of the molecule is COC(=O)C[C@@H](O)C1CCC1. The Morgan fingerprint density at radius 2 is 2.36 bits per heavy atom. The average Bonchev–Trinajstić information content (AvgIpc) is 1.83. The lowest BCUT2D eigenvalue weighted by Crippen LogP contribution is -2.29. The van der Waals surface area contributed by atoms with Gasteiger partial charge in [0.05, 0.1) is 19.6 Å². The van der Waals surface area contributed by atoms with E-state index in [0.717, 1.165) is 12.8 Å². The second kappa shape index (κ2) is 3.72. The summed E-state index contributed by atoms with van der Waals surface area (Å²) < 4.78 is 4.44. The summed E-state index contributed by atoms with van der Waals surface area (Å²) >= 11 is 0. The first-order valence-electron chi connectivity index (χ1n) is 3.99. The van der Waals surface area contributed by atoms with Gasteiger partial charge in [-0.15, -0.1) is 0 Å². The molecule has 1 atom stereocenters. The van der Waals surface area contributed by atoms with Crippen LogP contribution in [-0.2, 0) is 9.53 Å². The molecule has 1 aliphatic rings. The highest BCUT2D eigenvalue weighted by molar-refractivity contribution is 5.69. The van der Waals surface area contributed by atoms with E-state index < -0.39 is 6.10 Å². The minimum atomic E-state index is -0.476. The van der Waals surface area contributed by atoms with E-state index >= 15 is 0 Å². The molecule has 3 nitrogen and oxygen atoms in total. The Kier molecular flexibility index (Phi) is 2.88. The van der Waals surface area contributed by atoms with Crippen molar-refractivity contribution in [3.8, 4) is 0 Å². The van der Waals surface area contributed by atoms with Crippen LogP contribution in [0.25, 0.3) is 0 Å². The van der Waals surface area contributed by atoms with Crippen LogP contribution >= 0.6 is 0 Å². The summed E-state index contributed by atoms with van der Waals surface area (Å²) in [5, 5.41) is 9.37. The topological polar surface area (TPSA) is 46.5 Å². The predicted molar refractivity (Wildman–Crippen MR) is 40.0 cm³/mol. The van der Waals surface area contributed by atoms with Crippen LogP contribution in [0.15, 0.2) is 0 Å². The van der Waals surface area contributed by atoms with Crippen molar-refractivity contribution >= 4 is 5.97 Å². The number of methoxy groups -OCH3 is 1. The summed E-state index contributed by atoms with van der Waals surface area (Å²) in [7, 11) is 1.34. The monoisotopic (exact) mass is 158 g/mol. The number of aliphatic hydroxyl groups is 1. The first-order chi connectivity index (χ1) is 5.24. The fourth-order valence-corrected chi connectivity index (χ4v) is 1.25. The van der Waals surface area contributed by atoms with Crippen molar-refractivity contribution < 1.29 is 14.6 Å². The Morgan fingerprint density at radius 3 is 2.73 bits per heavy atom. The van der Waals surface area contributed by atoms with Gasteiger partial charge in [-0.1, -0.05) is 6.42 Å². The predicted octanol–water partition coefficient (Wildman–Crippen LogP) is 0.710. The lowest BCUT2D eigenvalue weighted by atomic mass is 9.80. The Balaban J connectivity index is 2.19. The number of carbonyl (C=O) groups is 1. The molecule has 11 heavy (non-hydrogen) atoms. The molecule has 0 heterocycles. The Hall–Kier alpha value is -0.570. The summed E-state index contributed by atoms with van der Waals surface area (Å²) in [4.78, 5) is 10.7. The fourth-order valence-electron chi connectivity index (χ4n) is 1.25. The van der Waals surface area contributed by atoms with Gasteiger partial charge in [0, 0.05) is 0 Å². The molecule has 0 amide bonds. The summed E-state index contributed by atoms with van der Waals surface area (Å²) in [5.74, 6) is 0.0264. The first kappa shape index (κ1) is 8.53. The Bertz CT molecular complexity index is 140. The van der Waals surface area contributed by atoms with Crippen LogP contribution in [0, 0.1) is 5.92 Å². The molecule has 0 saturated heterocycles. The fraction of sp³-hybridized carbons (Fsp3) is 0.875. The van der Waals surface area contributed by atoms with Gasteiger partial charge in [-0.05, 0) is 18.8 Å². The van der Waals surface area contributed by atoms with E-state index in [1.165, 1.54) is 13.5 Å². The van der Waals surface area contributed by atoms with Crippen LogP contribution in [-0.4, -0.2) is 24.3 Å². The number of aliphatic hydroxyl groups excluding tert-OH is 1. The quantitative estimate of drug-likeness (QED) is 0.615. The lowest BCUT2D eigenvalue weighted by Gasteiger charge is -2.29. The molecule has 1 aliphatic carbocycles. The van der Waals surface area contributed by atoms with Gasteiger partial charge in [0.15, 0.2) is 0 Å². The van der Waals surface area contributed by atoms with Gasteiger partial charge in [0.2, 0.25) is 0 Å². The van der Waals surface area contributed by atoms with Gasteiger partial charge >= 0.3 is 5.97 Å². The van der Waals surface area contributed by atoms with Gasteiger partial charge < -0.3 is 9.84 Å². The maximum absolute atomic E-state index is 10.7. The number of ether oxygens (including phenoxy) is 1. The molecular formula is C8H14O3. The number of hydrogen-bond acceptors (Lipinski definition) is 3. The molecule has 64 valence electrons. The molecule has 3 heteroatoms. The molecule has 0 spiro atoms. The highest BCUT2D eigenvalue weighted by Gasteiger charge is 2.27. The van der Waals surface area contributed by atoms with Crippen LogP contribution in [0.3, 0.4) is 0 Å². The zero-order valence-corrected chi connectivity index (χ0v) is 6.75. The average molecular weight is 158 g/mol. The zero-order valence-electron chi connectivity index (χ0n) is 6.75. The minimum absolute atomic E-state index is 0.154. The van der Waals surface area contributed by atoms with Gasteiger partial charge in [-0.2, -0.15) is 0 Å². The third-order valence-electron chi connectivity index (χ3n) is 2.30. The Morgan fingerprint density at radius 1 is 1.73 bits per heavy atom. The maximum atomic E-state index is 10.7. The molecule has 0 bridgehead atoms. The zero-order chi connectivity index (χ0) is 8.27. The van der Waals surface area contributed by atoms with E-state index in [-0.39, 0.29) is 12.4 Å². The Labute approximate surface area is 66.4 Å². The van der Waals surface area contributed by atoms with Crippen molar-refractivity contribution in [2.45, 2.75) is 31.8 Å². The van der Waals surface area contributed by atoms with Gasteiger partial charge in [-0.3, -0.25) is 4.79 Å². The molecule has 1 saturated carbocycles. The van der Waals surface area contributed by atoms with E-state index in [0.29, 0.717) is 5.92 Å². The molecule has 1 fully saturated rings. The number of hydrogen-bond donors (Lipinski definition) is 1. The summed E-state index contributed by atoms with van der Waals surface area (Å²) in [5.41, 5.74) is 0. The second-order valence-corrected chi connectivity index (χ2v) is 3.04. The molecule has 0 aromatic carbocycles. The van der Waals surface area contributed by atoms with E-state index in [1.807, 2.05) is 0 Å². The number of carbonyl (C=O) groups excluding carboxylic acids is 1. The van der Waals surface area contributed by atoms with Crippen molar-refractivity contribution in [1.29, 1.82) is 0 Å². The smallest absolute Gasteiger partial charge is 0.308 e. The third-order valence-corrected chi connectivity index (χ3v) is 2.30. The van der Waals surface area contributed by atoms with Crippen LogP contribution in [0.2, 0.25) is 0 Å². The van der Waals surface area contributed by atoms with Crippen molar-refractivity contribution in [3.05, 3.63) is 0 Å². The van der Waals surface area contributed by atoms with E-state index in [1.54, 1.807) is 0 Å². The lowest BCUT2D eigenvalue weighted by molar-refractivity contribution is -0.144. The molecule has 1 N–H and O–H groups in total. The number of esters is 1. The van der Waals surface area contributed by atoms with E-state index in [4.69, 9.17) is 0 Å². The standard InChI is InChI=1S/C8H14O3/c1-11-8(10)5-7(9)6-3-2-4-6/h6-7,9H,2-5H2,1H3/t7-/m1/s1. The minimum Gasteiger partial charge on any atom is -0.469 e. The van der Waals surface area contributed by atoms with Crippen LogP contribution in [0.4, 0.5) is 0 Å². The van der Waals surface area contributed by atoms with Gasteiger partial charge in [-0.25, -0.2) is 0 Å². The molecular weight excluding hydrogens is 144 g/mol. The maximum Gasteiger partial charge on any atom is 0.308 e. The van der Waals surface area contributed by atoms with Crippen molar-refractivity contribution in [2.75, 3.05) is 7.11 Å². The van der Waals surface area contributed by atoms with Crippen LogP contribution in [0.5, 0.6) is 0 Å². The van der Waals surface area contributed by atoms with Crippen molar-refractivity contribution in [1.82, 2.24) is 0 Å². The molecule has 0 aromatic rings. The van der Waals surface area contributed by atoms with Gasteiger partial charge in [0.25, 0.3) is 0 Å². The van der Waals surface area contributed by atoms with E-state index in [2.05, 4.69) is 4.74 Å². The highest BCUT2D eigenvalue weighted by Crippen LogP contribution is 2.30. The molecule has 0 aromatic heterocycles. The number of rotatable bonds is 3. The summed E-state index contributed by atoms with van der Waals surface area (Å²) in [6.07, 6.45) is 2.97. The molecule has 0 radical (unpaired) electrons. The van der Waals surface area contributed by atoms with E-state index in [9.17, 15) is 9.90 Å². The first-order valence-corrected chi connectivity index (χ1v) is 3.99. The van der Waals surface area contributed by atoms with Crippen molar-refractivity contribution in [2.24, 2.45) is 5.92 Å². The largest absolute Gasteiger partial charge is 0.469 e. The van der Waals surface area contributed by atoms with Crippen molar-refractivity contribution in [3.63, 3.8) is 0 Å². The van der Waals surface area contributed by atoms with Crippen LogP contribution < -0.4 is 0 Å². The normalized spacial score (nSPS) is 20.5.